The van der Waals surface area contributed by atoms with Crippen LogP contribution in [0.5, 0.6) is 11.5 Å². The maximum Gasteiger partial charge on any atom is 0.145 e. The summed E-state index contributed by atoms with van der Waals surface area (Å²) in [5.41, 5.74) is 8.64. The summed E-state index contributed by atoms with van der Waals surface area (Å²) < 4.78 is 11.0. The third-order valence-electron chi connectivity index (χ3n) is 2.31. The summed E-state index contributed by atoms with van der Waals surface area (Å²) in [5, 5.41) is 0. The van der Waals surface area contributed by atoms with E-state index in [4.69, 9.17) is 15.2 Å². The number of hydrogen-bond donors (Lipinski definition) is 1. The van der Waals surface area contributed by atoms with Crippen molar-refractivity contribution < 1.29 is 9.47 Å². The summed E-state index contributed by atoms with van der Waals surface area (Å²) >= 11 is 0. The molecule has 0 spiro atoms. The second kappa shape index (κ2) is 4.91. The van der Waals surface area contributed by atoms with Crippen molar-refractivity contribution in [3.05, 3.63) is 17.2 Å². The Morgan fingerprint density at radius 1 is 1.13 bits per heavy atom. The smallest absolute Gasteiger partial charge is 0.145 e. The van der Waals surface area contributed by atoms with Gasteiger partial charge in [0, 0.05) is 5.56 Å². The summed E-state index contributed by atoms with van der Waals surface area (Å²) in [6, 6.07) is 1.97. The summed E-state index contributed by atoms with van der Waals surface area (Å²) in [6.07, 6.45) is 0. The third-order valence-corrected chi connectivity index (χ3v) is 2.31. The minimum absolute atomic E-state index is 0.623. The number of nitrogens with two attached hydrogens (primary N) is 1. The number of anilines is 1. The number of ether oxygens (including phenoxy) is 2. The van der Waals surface area contributed by atoms with E-state index in [1.165, 1.54) is 0 Å². The largest absolute Gasteiger partial charge is 0.494 e. The Bertz CT molecular complexity index is 348. The van der Waals surface area contributed by atoms with Crippen LogP contribution in [0.2, 0.25) is 0 Å². The molecule has 15 heavy (non-hydrogen) atoms. The van der Waals surface area contributed by atoms with Crippen molar-refractivity contribution in [1.82, 2.24) is 0 Å². The number of nitrogen functional groups attached to an aromatic ring is 1. The zero-order valence-electron chi connectivity index (χ0n) is 9.89. The lowest BCUT2D eigenvalue weighted by Crippen LogP contribution is -2.04. The fourth-order valence-corrected chi connectivity index (χ4v) is 1.53. The monoisotopic (exact) mass is 209 g/mol. The maximum atomic E-state index is 6.00. The zero-order valence-corrected chi connectivity index (χ0v) is 9.89. The average molecular weight is 209 g/mol. The Balaban J connectivity index is 3.18. The molecular weight excluding hydrogens is 190 g/mol. The first kappa shape index (κ1) is 11.7. The molecule has 0 aliphatic heterocycles. The molecule has 0 aromatic heterocycles. The lowest BCUT2D eigenvalue weighted by atomic mass is 10.1. The van der Waals surface area contributed by atoms with Crippen LogP contribution in [0.1, 0.15) is 25.0 Å². The molecule has 0 aliphatic rings. The van der Waals surface area contributed by atoms with Gasteiger partial charge in [0.25, 0.3) is 0 Å². The Hall–Kier alpha value is -1.38. The lowest BCUT2D eigenvalue weighted by Gasteiger charge is -2.16. The molecule has 3 heteroatoms. The molecule has 0 radical (unpaired) electrons. The number of aryl methyl sites for hydroxylation is 1. The van der Waals surface area contributed by atoms with Crippen molar-refractivity contribution in [1.29, 1.82) is 0 Å². The summed E-state index contributed by atoms with van der Waals surface area (Å²) in [4.78, 5) is 0. The van der Waals surface area contributed by atoms with Crippen molar-refractivity contribution in [2.24, 2.45) is 0 Å². The molecule has 0 heterocycles. The molecule has 0 saturated heterocycles. The predicted molar refractivity (Wildman–Crippen MR) is 62.7 cm³/mol. The Morgan fingerprint density at radius 3 is 2.27 bits per heavy atom. The van der Waals surface area contributed by atoms with Gasteiger partial charge in [-0.3, -0.25) is 0 Å². The predicted octanol–water partition coefficient (Wildman–Crippen LogP) is 2.68. The molecular formula is C12H19NO2. The topological polar surface area (TPSA) is 44.5 Å². The van der Waals surface area contributed by atoms with E-state index in [-0.39, 0.29) is 0 Å². The molecule has 0 bridgehead atoms. The molecule has 84 valence electrons. The fourth-order valence-electron chi connectivity index (χ4n) is 1.53. The highest BCUT2D eigenvalue weighted by Gasteiger charge is 2.12. The van der Waals surface area contributed by atoms with E-state index >= 15 is 0 Å². The van der Waals surface area contributed by atoms with Crippen LogP contribution in [-0.2, 0) is 0 Å². The third kappa shape index (κ3) is 2.35. The van der Waals surface area contributed by atoms with Gasteiger partial charge in [0.2, 0.25) is 0 Å². The normalized spacial score (nSPS) is 10.1. The molecule has 0 fully saturated rings. The van der Waals surface area contributed by atoms with Gasteiger partial charge in [-0.2, -0.15) is 0 Å². The van der Waals surface area contributed by atoms with Crippen LogP contribution >= 0.6 is 0 Å². The standard InChI is InChI=1S/C12H19NO2/c1-5-14-10-7-8(3)12(15-6-2)11(13)9(10)4/h7H,5-6,13H2,1-4H3. The Kier molecular flexibility index (Phi) is 3.83. The molecule has 1 rings (SSSR count). The van der Waals surface area contributed by atoms with E-state index in [0.29, 0.717) is 18.9 Å². The maximum absolute atomic E-state index is 6.00. The second-order valence-electron chi connectivity index (χ2n) is 3.43. The van der Waals surface area contributed by atoms with E-state index in [9.17, 15) is 0 Å². The van der Waals surface area contributed by atoms with Crippen molar-refractivity contribution in [2.45, 2.75) is 27.7 Å². The van der Waals surface area contributed by atoms with E-state index < -0.39 is 0 Å². The van der Waals surface area contributed by atoms with Gasteiger partial charge in [-0.25, -0.2) is 0 Å². The van der Waals surface area contributed by atoms with E-state index in [0.717, 1.165) is 22.6 Å². The molecule has 0 aliphatic carbocycles. The highest BCUT2D eigenvalue weighted by atomic mass is 16.5. The molecule has 0 saturated carbocycles. The fraction of sp³-hybridized carbons (Fsp3) is 0.500. The lowest BCUT2D eigenvalue weighted by molar-refractivity contribution is 0.328. The van der Waals surface area contributed by atoms with Gasteiger partial charge in [-0.15, -0.1) is 0 Å². The number of rotatable bonds is 4. The van der Waals surface area contributed by atoms with Gasteiger partial charge >= 0.3 is 0 Å². The molecule has 1 aromatic rings. The van der Waals surface area contributed by atoms with Crippen molar-refractivity contribution in [2.75, 3.05) is 18.9 Å². The SMILES string of the molecule is CCOc1cc(C)c(OCC)c(N)c1C. The summed E-state index contributed by atoms with van der Waals surface area (Å²) in [6.45, 7) is 9.10. The van der Waals surface area contributed by atoms with Gasteiger partial charge in [0.05, 0.1) is 18.9 Å². The molecule has 0 atom stereocenters. The molecule has 0 amide bonds. The van der Waals surface area contributed by atoms with Crippen LogP contribution in [-0.4, -0.2) is 13.2 Å². The average Bonchev–Trinajstić information content (AvgIpc) is 2.21. The first-order valence-electron chi connectivity index (χ1n) is 5.27. The van der Waals surface area contributed by atoms with Crippen LogP contribution in [0.3, 0.4) is 0 Å². The number of hydrogen-bond acceptors (Lipinski definition) is 3. The van der Waals surface area contributed by atoms with Gasteiger partial charge in [0.1, 0.15) is 11.5 Å². The summed E-state index contributed by atoms with van der Waals surface area (Å²) in [5.74, 6) is 1.62. The Labute approximate surface area is 91.2 Å². The van der Waals surface area contributed by atoms with Crippen LogP contribution in [0.15, 0.2) is 6.07 Å². The molecule has 2 N–H and O–H groups in total. The minimum atomic E-state index is 0.623. The van der Waals surface area contributed by atoms with Gasteiger partial charge in [-0.05, 0) is 39.3 Å². The van der Waals surface area contributed by atoms with Crippen LogP contribution < -0.4 is 15.2 Å². The van der Waals surface area contributed by atoms with Crippen LogP contribution in [0, 0.1) is 13.8 Å². The first-order valence-corrected chi connectivity index (χ1v) is 5.27. The van der Waals surface area contributed by atoms with Crippen LogP contribution in [0.4, 0.5) is 5.69 Å². The van der Waals surface area contributed by atoms with Gasteiger partial charge < -0.3 is 15.2 Å². The van der Waals surface area contributed by atoms with E-state index in [1.54, 1.807) is 0 Å². The van der Waals surface area contributed by atoms with E-state index in [2.05, 4.69) is 0 Å². The van der Waals surface area contributed by atoms with E-state index in [1.807, 2.05) is 33.8 Å². The van der Waals surface area contributed by atoms with Gasteiger partial charge in [-0.1, -0.05) is 0 Å². The number of benzene rings is 1. The Morgan fingerprint density at radius 2 is 1.73 bits per heavy atom. The molecule has 0 unspecified atom stereocenters. The zero-order chi connectivity index (χ0) is 11.4. The first-order chi connectivity index (χ1) is 7.11. The summed E-state index contributed by atoms with van der Waals surface area (Å²) in [7, 11) is 0. The van der Waals surface area contributed by atoms with Crippen molar-refractivity contribution >= 4 is 5.69 Å². The highest BCUT2D eigenvalue weighted by Crippen LogP contribution is 2.35. The van der Waals surface area contributed by atoms with Crippen molar-refractivity contribution in [3.63, 3.8) is 0 Å². The molecule has 3 nitrogen and oxygen atoms in total. The highest BCUT2D eigenvalue weighted by molar-refractivity contribution is 5.66. The van der Waals surface area contributed by atoms with Crippen molar-refractivity contribution in [3.8, 4) is 11.5 Å². The van der Waals surface area contributed by atoms with Crippen LogP contribution in [0.25, 0.3) is 0 Å². The molecule has 1 aromatic carbocycles. The minimum Gasteiger partial charge on any atom is -0.494 e. The second-order valence-corrected chi connectivity index (χ2v) is 3.43. The van der Waals surface area contributed by atoms with Gasteiger partial charge in [0.15, 0.2) is 0 Å². The quantitative estimate of drug-likeness (QED) is 0.775.